The van der Waals surface area contributed by atoms with Crippen LogP contribution in [0.5, 0.6) is 0 Å². The summed E-state index contributed by atoms with van der Waals surface area (Å²) in [5.74, 6) is -6.67. The molecule has 0 atom stereocenters. The molecule has 5 heteroatoms. The minimum atomic E-state index is -3.46. The molecule has 0 saturated heterocycles. The van der Waals surface area contributed by atoms with E-state index >= 15 is 0 Å². The van der Waals surface area contributed by atoms with Crippen LogP contribution in [0.1, 0.15) is 5.56 Å². The average molecular weight is 213 g/mol. The molecule has 0 heterocycles. The minimum Gasteiger partial charge on any atom is -0.207 e. The summed E-state index contributed by atoms with van der Waals surface area (Å²) in [5, 5.41) is 0. The summed E-state index contributed by atoms with van der Waals surface area (Å²) in [6.07, 6.45) is 0. The topological polar surface area (TPSA) is 0 Å². The molecule has 0 amide bonds. The molecule has 0 aliphatic heterocycles. The summed E-state index contributed by atoms with van der Waals surface area (Å²) in [6.45, 7) is 0. The molecule has 0 unspecified atom stereocenters. The van der Waals surface area contributed by atoms with Gasteiger partial charge in [-0.1, -0.05) is 0 Å². The second kappa shape index (κ2) is 3.54. The van der Waals surface area contributed by atoms with Crippen molar-refractivity contribution in [3.8, 4) is 0 Å². The van der Waals surface area contributed by atoms with Crippen molar-refractivity contribution in [2.24, 2.45) is 0 Å². The quantitative estimate of drug-likeness (QED) is 0.521. The molecule has 0 nitrogen and oxygen atoms in total. The molecule has 0 bridgehead atoms. The molecule has 0 radical (unpaired) electrons. The first kappa shape index (κ1) is 10.3. The molecule has 13 heavy (non-hydrogen) atoms. The maximum atomic E-state index is 12.8. The van der Waals surface area contributed by atoms with Gasteiger partial charge in [-0.25, -0.2) is 8.78 Å². The molecule has 1 aromatic rings. The van der Waals surface area contributed by atoms with Crippen LogP contribution in [0, 0.1) is 11.6 Å². The largest absolute Gasteiger partial charge is 0.289 e. The van der Waals surface area contributed by atoms with Crippen molar-refractivity contribution in [1.82, 2.24) is 0 Å². The van der Waals surface area contributed by atoms with E-state index in [0.29, 0.717) is 12.1 Å². The first-order chi connectivity index (χ1) is 5.97. The zero-order valence-corrected chi connectivity index (χ0v) is 7.08. The fourth-order valence-corrected chi connectivity index (χ4v) is 1.00. The Morgan fingerprint density at radius 2 is 1.85 bits per heavy atom. The summed E-state index contributed by atoms with van der Waals surface area (Å²) in [6, 6.07) is 1.85. The molecule has 0 N–H and O–H groups in total. The Kier molecular flexibility index (Phi) is 2.81. The van der Waals surface area contributed by atoms with Crippen molar-refractivity contribution >= 4 is 11.6 Å². The summed E-state index contributed by atoms with van der Waals surface area (Å²) in [5.41, 5.74) is -0.885. The molecule has 1 rings (SSSR count). The smallest absolute Gasteiger partial charge is 0.207 e. The first-order valence-electron chi connectivity index (χ1n) is 3.36. The highest BCUT2D eigenvalue weighted by Crippen LogP contribution is 2.31. The van der Waals surface area contributed by atoms with Gasteiger partial charge in [0.25, 0.3) is 5.92 Å². The van der Waals surface area contributed by atoms with Gasteiger partial charge < -0.3 is 0 Å². The second-order valence-corrected chi connectivity index (χ2v) is 2.73. The van der Waals surface area contributed by atoms with Gasteiger partial charge in [-0.15, -0.1) is 11.6 Å². The van der Waals surface area contributed by atoms with Crippen LogP contribution in [0.3, 0.4) is 0 Å². The molecule has 0 aromatic heterocycles. The standard InChI is InChI=1S/C8H5ClF4/c9-4-8(12,13)6-2-1-5(10)3-7(6)11/h1-3H,4H2. The Hall–Kier alpha value is -0.770. The Bertz CT molecular complexity index is 311. The fraction of sp³-hybridized carbons (Fsp3) is 0.250. The van der Waals surface area contributed by atoms with Gasteiger partial charge in [-0.3, -0.25) is 0 Å². The fourth-order valence-electron chi connectivity index (χ4n) is 0.858. The van der Waals surface area contributed by atoms with E-state index < -0.39 is 29.0 Å². The molecule has 72 valence electrons. The van der Waals surface area contributed by atoms with E-state index in [1.54, 1.807) is 0 Å². The second-order valence-electron chi connectivity index (χ2n) is 2.46. The maximum Gasteiger partial charge on any atom is 0.289 e. The summed E-state index contributed by atoms with van der Waals surface area (Å²) < 4.78 is 50.6. The molecule has 1 aromatic carbocycles. The van der Waals surface area contributed by atoms with Gasteiger partial charge in [-0.05, 0) is 12.1 Å². The number of alkyl halides is 3. The zero-order valence-electron chi connectivity index (χ0n) is 6.33. The lowest BCUT2D eigenvalue weighted by Crippen LogP contribution is -2.17. The third-order valence-electron chi connectivity index (χ3n) is 1.49. The summed E-state index contributed by atoms with van der Waals surface area (Å²) >= 11 is 4.93. The van der Waals surface area contributed by atoms with Crippen molar-refractivity contribution in [2.45, 2.75) is 5.92 Å². The number of hydrogen-bond acceptors (Lipinski definition) is 0. The maximum absolute atomic E-state index is 12.8. The van der Waals surface area contributed by atoms with Crippen LogP contribution >= 0.6 is 11.6 Å². The first-order valence-corrected chi connectivity index (χ1v) is 3.90. The normalized spacial score (nSPS) is 11.8. The molecule has 0 aliphatic rings. The van der Waals surface area contributed by atoms with E-state index in [4.69, 9.17) is 11.6 Å². The zero-order chi connectivity index (χ0) is 10.1. The number of rotatable bonds is 2. The lowest BCUT2D eigenvalue weighted by molar-refractivity contribution is 0.0177. The van der Waals surface area contributed by atoms with Gasteiger partial charge >= 0.3 is 0 Å². The highest BCUT2D eigenvalue weighted by molar-refractivity contribution is 6.18. The Labute approximate surface area is 77.1 Å². The van der Waals surface area contributed by atoms with Crippen LogP contribution in [-0.4, -0.2) is 5.88 Å². The predicted octanol–water partition coefficient (Wildman–Crippen LogP) is 3.30. The van der Waals surface area contributed by atoms with Gasteiger partial charge in [0.05, 0.1) is 11.4 Å². The van der Waals surface area contributed by atoms with Crippen LogP contribution in [-0.2, 0) is 5.92 Å². The Morgan fingerprint density at radius 3 is 2.31 bits per heavy atom. The predicted molar refractivity (Wildman–Crippen MR) is 41.0 cm³/mol. The Morgan fingerprint density at radius 1 is 1.23 bits per heavy atom. The van der Waals surface area contributed by atoms with Crippen LogP contribution in [0.25, 0.3) is 0 Å². The van der Waals surface area contributed by atoms with Gasteiger partial charge in [-0.2, -0.15) is 8.78 Å². The number of halogens is 5. The van der Waals surface area contributed by atoms with E-state index in [2.05, 4.69) is 0 Å². The van der Waals surface area contributed by atoms with E-state index in [1.165, 1.54) is 0 Å². The molecule has 0 fully saturated rings. The third kappa shape index (κ3) is 2.12. The highest BCUT2D eigenvalue weighted by atomic mass is 35.5. The monoisotopic (exact) mass is 212 g/mol. The van der Waals surface area contributed by atoms with Gasteiger partial charge in [0, 0.05) is 6.07 Å². The highest BCUT2D eigenvalue weighted by Gasteiger charge is 2.33. The van der Waals surface area contributed by atoms with Crippen LogP contribution in [0.2, 0.25) is 0 Å². The van der Waals surface area contributed by atoms with Crippen molar-refractivity contribution in [3.05, 3.63) is 35.4 Å². The van der Waals surface area contributed by atoms with Gasteiger partial charge in [0.2, 0.25) is 0 Å². The minimum absolute atomic E-state index is 0.399. The van der Waals surface area contributed by atoms with Crippen LogP contribution in [0.15, 0.2) is 18.2 Å². The van der Waals surface area contributed by atoms with Crippen molar-refractivity contribution in [2.75, 3.05) is 5.88 Å². The number of hydrogen-bond donors (Lipinski definition) is 0. The van der Waals surface area contributed by atoms with Crippen LogP contribution < -0.4 is 0 Å². The average Bonchev–Trinajstić information content (AvgIpc) is 2.03. The molecule has 0 spiro atoms. The molecular weight excluding hydrogens is 208 g/mol. The van der Waals surface area contributed by atoms with Gasteiger partial charge in [0.1, 0.15) is 11.6 Å². The van der Waals surface area contributed by atoms with Crippen molar-refractivity contribution in [1.29, 1.82) is 0 Å². The van der Waals surface area contributed by atoms with Crippen molar-refractivity contribution < 1.29 is 17.6 Å². The van der Waals surface area contributed by atoms with Crippen molar-refractivity contribution in [3.63, 3.8) is 0 Å². The lowest BCUT2D eigenvalue weighted by atomic mass is 10.1. The van der Waals surface area contributed by atoms with Gasteiger partial charge in [0.15, 0.2) is 0 Å². The van der Waals surface area contributed by atoms with E-state index in [0.717, 1.165) is 6.07 Å². The number of benzene rings is 1. The third-order valence-corrected chi connectivity index (χ3v) is 1.83. The van der Waals surface area contributed by atoms with E-state index in [-0.39, 0.29) is 0 Å². The molecule has 0 saturated carbocycles. The summed E-state index contributed by atoms with van der Waals surface area (Å²) in [7, 11) is 0. The Balaban J connectivity index is 3.16. The summed E-state index contributed by atoms with van der Waals surface area (Å²) in [4.78, 5) is 0. The van der Waals surface area contributed by atoms with E-state index in [1.807, 2.05) is 0 Å². The van der Waals surface area contributed by atoms with E-state index in [9.17, 15) is 17.6 Å². The molecule has 0 aliphatic carbocycles. The SMILES string of the molecule is Fc1ccc(C(F)(F)CCl)c(F)c1. The molecular formula is C8H5ClF4. The lowest BCUT2D eigenvalue weighted by Gasteiger charge is -2.13. The van der Waals surface area contributed by atoms with Crippen LogP contribution in [0.4, 0.5) is 17.6 Å².